The number of esters is 1. The largest absolute Gasteiger partial charge is 0.465 e. The Bertz CT molecular complexity index is 1100. The number of nitrogens with one attached hydrogen (secondary N) is 2. The summed E-state index contributed by atoms with van der Waals surface area (Å²) in [7, 11) is 1.33. The fourth-order valence-electron chi connectivity index (χ4n) is 4.08. The fourth-order valence-corrected chi connectivity index (χ4v) is 4.23. The van der Waals surface area contributed by atoms with E-state index in [0.717, 1.165) is 37.9 Å². The summed E-state index contributed by atoms with van der Waals surface area (Å²) in [6.45, 7) is 1.34. The molecule has 1 saturated heterocycles. The van der Waals surface area contributed by atoms with E-state index >= 15 is 0 Å². The first-order chi connectivity index (χ1) is 16.4. The lowest BCUT2D eigenvalue weighted by atomic mass is 9.86. The summed E-state index contributed by atoms with van der Waals surface area (Å²) in [6, 6.07) is 7.96. The van der Waals surface area contributed by atoms with Gasteiger partial charge in [-0.05, 0) is 67.5 Å². The lowest BCUT2D eigenvalue weighted by Gasteiger charge is -2.27. The van der Waals surface area contributed by atoms with Crippen LogP contribution < -0.4 is 10.6 Å². The topological polar surface area (TPSA) is 89.5 Å². The molecule has 0 radical (unpaired) electrons. The molecule has 1 aromatic heterocycles. The number of hydrogen-bond acceptors (Lipinski definition) is 6. The highest BCUT2D eigenvalue weighted by Gasteiger charge is 2.22. The lowest BCUT2D eigenvalue weighted by molar-refractivity contribution is -0.117. The van der Waals surface area contributed by atoms with Crippen LogP contribution in [0.3, 0.4) is 0 Å². The maximum atomic E-state index is 13.4. The van der Waals surface area contributed by atoms with Gasteiger partial charge in [-0.1, -0.05) is 17.7 Å². The molecular weight excluding hydrogens is 461 g/mol. The van der Waals surface area contributed by atoms with Crippen molar-refractivity contribution in [3.05, 3.63) is 58.6 Å². The molecule has 1 fully saturated rings. The Morgan fingerprint density at radius 3 is 2.71 bits per heavy atom. The van der Waals surface area contributed by atoms with Crippen LogP contribution in [0.25, 0.3) is 5.57 Å². The Hall–Kier alpha value is -2.97. The van der Waals surface area contributed by atoms with Crippen LogP contribution in [0, 0.1) is 11.7 Å². The third-order valence-corrected chi connectivity index (χ3v) is 6.42. The second-order valence-electron chi connectivity index (χ2n) is 8.51. The van der Waals surface area contributed by atoms with E-state index in [4.69, 9.17) is 21.1 Å². The first-order valence-corrected chi connectivity index (χ1v) is 11.7. The van der Waals surface area contributed by atoms with Gasteiger partial charge in [-0.3, -0.25) is 4.79 Å². The van der Waals surface area contributed by atoms with Crippen molar-refractivity contribution >= 4 is 40.4 Å². The zero-order chi connectivity index (χ0) is 24.1. The summed E-state index contributed by atoms with van der Waals surface area (Å²) in [5.41, 5.74) is 3.34. The van der Waals surface area contributed by atoms with Crippen LogP contribution in [0.1, 0.15) is 48.2 Å². The second-order valence-corrected chi connectivity index (χ2v) is 8.86. The lowest BCUT2D eigenvalue weighted by Crippen LogP contribution is -2.33. The molecule has 2 N–H and O–H groups in total. The van der Waals surface area contributed by atoms with Crippen molar-refractivity contribution in [1.82, 2.24) is 4.98 Å². The van der Waals surface area contributed by atoms with Gasteiger partial charge in [0.1, 0.15) is 0 Å². The molecular formula is C25H27ClFN3O4. The Labute approximate surface area is 202 Å². The van der Waals surface area contributed by atoms with E-state index in [-0.39, 0.29) is 23.1 Å². The third-order valence-electron chi connectivity index (χ3n) is 6.15. The van der Waals surface area contributed by atoms with Crippen molar-refractivity contribution in [2.24, 2.45) is 5.92 Å². The monoisotopic (exact) mass is 487 g/mol. The van der Waals surface area contributed by atoms with Gasteiger partial charge in [0.25, 0.3) is 0 Å². The van der Waals surface area contributed by atoms with Crippen molar-refractivity contribution in [3.8, 4) is 0 Å². The van der Waals surface area contributed by atoms with E-state index in [1.165, 1.54) is 13.2 Å². The number of carbonyl (C=O) groups is 2. The SMILES string of the molecule is COC(=O)c1ccc(NC(=O)CC2CC=C(c3ccc(F)c(Cl)n3)CC2)c(NC[C@@H]2CCO2)c1. The molecule has 1 amide bonds. The van der Waals surface area contributed by atoms with Crippen LogP contribution in [0.5, 0.6) is 0 Å². The quantitative estimate of drug-likeness (QED) is 0.399. The van der Waals surface area contributed by atoms with Crippen LogP contribution in [0.15, 0.2) is 36.4 Å². The minimum absolute atomic E-state index is 0.0986. The van der Waals surface area contributed by atoms with Crippen LogP contribution in [-0.4, -0.2) is 43.2 Å². The maximum Gasteiger partial charge on any atom is 0.337 e. The number of ether oxygens (including phenoxy) is 2. The molecule has 1 unspecified atom stereocenters. The van der Waals surface area contributed by atoms with Gasteiger partial charge in [0.05, 0.1) is 35.8 Å². The number of rotatable bonds is 8. The van der Waals surface area contributed by atoms with Crippen LogP contribution in [0.2, 0.25) is 5.15 Å². The van der Waals surface area contributed by atoms with Gasteiger partial charge in [0, 0.05) is 19.6 Å². The first kappa shape index (κ1) is 24.2. The van der Waals surface area contributed by atoms with Gasteiger partial charge in [-0.25, -0.2) is 14.2 Å². The molecule has 1 aromatic carbocycles. The summed E-state index contributed by atoms with van der Waals surface area (Å²) in [6.07, 6.45) is 5.81. The number of carbonyl (C=O) groups excluding carboxylic acids is 2. The van der Waals surface area contributed by atoms with Gasteiger partial charge in [-0.2, -0.15) is 0 Å². The van der Waals surface area contributed by atoms with E-state index in [0.29, 0.717) is 35.6 Å². The summed E-state index contributed by atoms with van der Waals surface area (Å²) in [5.74, 6) is -0.889. The zero-order valence-corrected chi connectivity index (χ0v) is 19.7. The summed E-state index contributed by atoms with van der Waals surface area (Å²) in [5, 5.41) is 6.11. The van der Waals surface area contributed by atoms with Crippen molar-refractivity contribution in [2.45, 2.75) is 38.2 Å². The van der Waals surface area contributed by atoms with E-state index in [9.17, 15) is 14.0 Å². The van der Waals surface area contributed by atoms with Gasteiger partial charge in [-0.15, -0.1) is 0 Å². The predicted molar refractivity (Wildman–Crippen MR) is 128 cm³/mol. The standard InChI is InChI=1S/C25H27ClFN3O4/c1-33-25(32)17-6-8-21(22(13-17)28-14-18-10-11-34-18)29-23(31)12-15-2-4-16(5-3-15)20-9-7-19(27)24(26)30-20/h4,6-9,13,15,18,28H,2-3,5,10-12,14H2,1H3,(H,29,31)/t15?,18-/m0/s1. The van der Waals surface area contributed by atoms with Crippen molar-refractivity contribution in [3.63, 3.8) is 0 Å². The molecule has 4 rings (SSSR count). The molecule has 2 heterocycles. The molecule has 0 bridgehead atoms. The highest BCUT2D eigenvalue weighted by molar-refractivity contribution is 6.29. The normalized spacial score (nSPS) is 19.6. The number of aromatic nitrogens is 1. The van der Waals surface area contributed by atoms with E-state index in [1.807, 2.05) is 0 Å². The van der Waals surface area contributed by atoms with Gasteiger partial charge < -0.3 is 20.1 Å². The average Bonchev–Trinajstić information content (AvgIpc) is 2.80. The smallest absolute Gasteiger partial charge is 0.337 e. The molecule has 2 atom stereocenters. The Kier molecular flexibility index (Phi) is 7.80. The number of allylic oxidation sites excluding steroid dienone is 2. The van der Waals surface area contributed by atoms with E-state index in [2.05, 4.69) is 21.7 Å². The highest BCUT2D eigenvalue weighted by Crippen LogP contribution is 2.32. The number of anilines is 2. The number of benzene rings is 1. The minimum atomic E-state index is -0.537. The maximum absolute atomic E-state index is 13.4. The fraction of sp³-hybridized carbons (Fsp3) is 0.400. The molecule has 2 aromatic rings. The van der Waals surface area contributed by atoms with E-state index in [1.54, 1.807) is 24.3 Å². The van der Waals surface area contributed by atoms with Gasteiger partial charge in [0.2, 0.25) is 5.91 Å². The van der Waals surface area contributed by atoms with Crippen LogP contribution >= 0.6 is 11.6 Å². The van der Waals surface area contributed by atoms with Crippen LogP contribution in [-0.2, 0) is 14.3 Å². The first-order valence-electron chi connectivity index (χ1n) is 11.3. The summed E-state index contributed by atoms with van der Waals surface area (Å²) < 4.78 is 23.6. The minimum Gasteiger partial charge on any atom is -0.465 e. The number of nitrogens with zero attached hydrogens (tertiary/aromatic N) is 1. The molecule has 9 heteroatoms. The highest BCUT2D eigenvalue weighted by atomic mass is 35.5. The number of pyridine rings is 1. The molecule has 0 saturated carbocycles. The summed E-state index contributed by atoms with van der Waals surface area (Å²) >= 11 is 5.80. The molecule has 1 aliphatic carbocycles. The summed E-state index contributed by atoms with van der Waals surface area (Å²) in [4.78, 5) is 28.8. The number of hydrogen-bond donors (Lipinski definition) is 2. The van der Waals surface area contributed by atoms with Crippen molar-refractivity contribution < 1.29 is 23.5 Å². The van der Waals surface area contributed by atoms with Crippen molar-refractivity contribution in [1.29, 1.82) is 0 Å². The van der Waals surface area contributed by atoms with Gasteiger partial charge in [0.15, 0.2) is 11.0 Å². The molecule has 2 aliphatic rings. The number of halogens is 2. The second kappa shape index (κ2) is 11.0. The number of amides is 1. The Morgan fingerprint density at radius 2 is 2.06 bits per heavy atom. The Morgan fingerprint density at radius 1 is 1.24 bits per heavy atom. The van der Waals surface area contributed by atoms with Gasteiger partial charge >= 0.3 is 5.97 Å². The molecule has 0 spiro atoms. The average molecular weight is 488 g/mol. The van der Waals surface area contributed by atoms with Crippen LogP contribution in [0.4, 0.5) is 15.8 Å². The predicted octanol–water partition coefficient (Wildman–Crippen LogP) is 5.07. The molecule has 180 valence electrons. The third kappa shape index (κ3) is 5.93. The number of methoxy groups -OCH3 is 1. The Balaban J connectivity index is 1.37. The molecule has 34 heavy (non-hydrogen) atoms. The van der Waals surface area contributed by atoms with E-state index < -0.39 is 11.8 Å². The van der Waals surface area contributed by atoms with Crippen molar-refractivity contribution in [2.75, 3.05) is 30.9 Å². The zero-order valence-electron chi connectivity index (χ0n) is 18.9. The molecule has 1 aliphatic heterocycles. The molecule has 7 nitrogen and oxygen atoms in total.